The van der Waals surface area contributed by atoms with Gasteiger partial charge in [0, 0.05) is 11.1 Å². The Hall–Kier alpha value is -0.890. The molecule has 1 aromatic carbocycles. The summed E-state index contributed by atoms with van der Waals surface area (Å²) in [5.74, 6) is 0. The van der Waals surface area contributed by atoms with Gasteiger partial charge in [-0.05, 0) is 30.5 Å². The molecule has 0 aliphatic carbocycles. The van der Waals surface area contributed by atoms with Crippen LogP contribution in [0, 0.1) is 16.7 Å². The van der Waals surface area contributed by atoms with Crippen molar-refractivity contribution in [1.29, 1.82) is 5.26 Å². The molecule has 0 spiro atoms. The van der Waals surface area contributed by atoms with E-state index in [0.29, 0.717) is 19.6 Å². The summed E-state index contributed by atoms with van der Waals surface area (Å²) >= 11 is 3.37. The van der Waals surface area contributed by atoms with E-state index in [1.807, 2.05) is 24.3 Å². The molecule has 1 heterocycles. The van der Waals surface area contributed by atoms with E-state index in [4.69, 9.17) is 4.74 Å². The lowest BCUT2D eigenvalue weighted by Crippen LogP contribution is -2.36. The second-order valence-corrected chi connectivity index (χ2v) is 5.30. The molecule has 1 aromatic rings. The number of aliphatic hydroxyl groups is 1. The van der Waals surface area contributed by atoms with Crippen LogP contribution in [0.1, 0.15) is 24.5 Å². The van der Waals surface area contributed by atoms with Gasteiger partial charge in [-0.2, -0.15) is 5.26 Å². The topological polar surface area (TPSA) is 53.2 Å². The van der Waals surface area contributed by atoms with Crippen LogP contribution in [0.25, 0.3) is 0 Å². The van der Waals surface area contributed by atoms with Crippen LogP contribution in [0.3, 0.4) is 0 Å². The molecule has 0 saturated carbocycles. The predicted octanol–water partition coefficient (Wildman–Crippen LogP) is 2.80. The van der Waals surface area contributed by atoms with Crippen molar-refractivity contribution in [1.82, 2.24) is 0 Å². The van der Waals surface area contributed by atoms with Gasteiger partial charge in [-0.1, -0.05) is 28.1 Å². The predicted molar refractivity (Wildman–Crippen MR) is 67.2 cm³/mol. The Morgan fingerprint density at radius 3 is 2.94 bits per heavy atom. The molecule has 1 aliphatic rings. The van der Waals surface area contributed by atoms with E-state index in [0.717, 1.165) is 16.5 Å². The maximum Gasteiger partial charge on any atom is 0.111 e. The lowest BCUT2D eigenvalue weighted by atomic mass is 9.76. The third-order valence-corrected chi connectivity index (χ3v) is 3.67. The van der Waals surface area contributed by atoms with Gasteiger partial charge in [0.15, 0.2) is 0 Å². The summed E-state index contributed by atoms with van der Waals surface area (Å²) in [6.45, 7) is 0.978. The number of halogens is 1. The zero-order chi connectivity index (χ0) is 12.3. The number of rotatable bonds is 2. The summed E-state index contributed by atoms with van der Waals surface area (Å²) in [6.07, 6.45) is 0.695. The first-order valence-electron chi connectivity index (χ1n) is 5.60. The molecule has 0 radical (unpaired) electrons. The molecule has 1 fully saturated rings. The number of hydrogen-bond donors (Lipinski definition) is 1. The largest absolute Gasteiger partial charge is 0.387 e. The first-order valence-corrected chi connectivity index (χ1v) is 6.40. The third kappa shape index (κ3) is 2.52. The van der Waals surface area contributed by atoms with Crippen LogP contribution in [-0.4, -0.2) is 18.3 Å². The molecule has 0 amide bonds. The van der Waals surface area contributed by atoms with Gasteiger partial charge >= 0.3 is 0 Å². The summed E-state index contributed by atoms with van der Waals surface area (Å²) in [4.78, 5) is 0. The zero-order valence-electron chi connectivity index (χ0n) is 9.40. The molecule has 4 heteroatoms. The van der Waals surface area contributed by atoms with Gasteiger partial charge in [-0.15, -0.1) is 0 Å². The van der Waals surface area contributed by atoms with Crippen LogP contribution < -0.4 is 0 Å². The first kappa shape index (κ1) is 12.6. The number of aliphatic hydroxyl groups excluding tert-OH is 1. The summed E-state index contributed by atoms with van der Waals surface area (Å²) in [5, 5.41) is 19.7. The van der Waals surface area contributed by atoms with Crippen molar-refractivity contribution in [3.05, 3.63) is 34.3 Å². The normalized spacial score (nSPS) is 26.2. The van der Waals surface area contributed by atoms with Crippen LogP contribution in [0.5, 0.6) is 0 Å². The van der Waals surface area contributed by atoms with E-state index in [1.165, 1.54) is 0 Å². The Morgan fingerprint density at radius 1 is 1.53 bits per heavy atom. The number of hydrogen-bond acceptors (Lipinski definition) is 3. The summed E-state index contributed by atoms with van der Waals surface area (Å²) < 4.78 is 6.26. The molecule has 2 rings (SSSR count). The second kappa shape index (κ2) is 5.18. The monoisotopic (exact) mass is 295 g/mol. The average molecular weight is 296 g/mol. The molecule has 0 bridgehead atoms. The maximum absolute atomic E-state index is 10.4. The van der Waals surface area contributed by atoms with Crippen LogP contribution >= 0.6 is 15.9 Å². The molecule has 1 aliphatic heterocycles. The van der Waals surface area contributed by atoms with Crippen molar-refractivity contribution in [3.8, 4) is 6.07 Å². The Bertz CT molecular complexity index is 435. The van der Waals surface area contributed by atoms with Gasteiger partial charge in [0.05, 0.1) is 18.8 Å². The molecular formula is C13H14BrNO2. The molecular weight excluding hydrogens is 282 g/mol. The highest BCUT2D eigenvalue weighted by Gasteiger charge is 2.41. The van der Waals surface area contributed by atoms with E-state index < -0.39 is 11.5 Å². The Balaban J connectivity index is 2.29. The minimum absolute atomic E-state index is 0.303. The highest BCUT2D eigenvalue weighted by molar-refractivity contribution is 9.10. The maximum atomic E-state index is 10.4. The van der Waals surface area contributed by atoms with Gasteiger partial charge in [0.25, 0.3) is 0 Å². The van der Waals surface area contributed by atoms with Crippen molar-refractivity contribution in [3.63, 3.8) is 0 Å². The van der Waals surface area contributed by atoms with E-state index in [1.54, 1.807) is 0 Å². The van der Waals surface area contributed by atoms with Gasteiger partial charge in [-0.3, -0.25) is 0 Å². The van der Waals surface area contributed by atoms with Gasteiger partial charge < -0.3 is 9.84 Å². The highest BCUT2D eigenvalue weighted by Crippen LogP contribution is 2.40. The minimum atomic E-state index is -0.807. The molecule has 1 N–H and O–H groups in total. The number of ether oxygens (including phenoxy) is 1. The zero-order valence-corrected chi connectivity index (χ0v) is 11.0. The van der Waals surface area contributed by atoms with E-state index in [9.17, 15) is 10.4 Å². The van der Waals surface area contributed by atoms with Gasteiger partial charge in [0.2, 0.25) is 0 Å². The smallest absolute Gasteiger partial charge is 0.111 e. The highest BCUT2D eigenvalue weighted by atomic mass is 79.9. The van der Waals surface area contributed by atoms with Crippen molar-refractivity contribution < 1.29 is 9.84 Å². The van der Waals surface area contributed by atoms with E-state index >= 15 is 0 Å². The fourth-order valence-corrected chi connectivity index (χ4v) is 2.59. The Morgan fingerprint density at radius 2 is 2.35 bits per heavy atom. The average Bonchev–Trinajstić information content (AvgIpc) is 2.38. The standard InChI is InChI=1S/C13H14BrNO2/c14-11-4-1-3-10(7-11)12(16)13(8-15)5-2-6-17-9-13/h1,3-4,7,12,16H,2,5-6,9H2. The van der Waals surface area contributed by atoms with Crippen LogP contribution in [-0.2, 0) is 4.74 Å². The molecule has 3 nitrogen and oxygen atoms in total. The SMILES string of the molecule is N#CC1(C(O)c2cccc(Br)c2)CCCOC1. The first-order chi connectivity index (χ1) is 8.18. The molecule has 2 atom stereocenters. The molecule has 90 valence electrons. The quantitative estimate of drug-likeness (QED) is 0.913. The molecule has 1 saturated heterocycles. The number of benzene rings is 1. The summed E-state index contributed by atoms with van der Waals surface area (Å²) in [7, 11) is 0. The number of nitrogens with zero attached hydrogens (tertiary/aromatic N) is 1. The molecule has 2 unspecified atom stereocenters. The van der Waals surface area contributed by atoms with Crippen molar-refractivity contribution >= 4 is 15.9 Å². The lowest BCUT2D eigenvalue weighted by molar-refractivity contribution is -0.0506. The Labute approximate surface area is 109 Å². The van der Waals surface area contributed by atoms with Crippen LogP contribution in [0.4, 0.5) is 0 Å². The third-order valence-electron chi connectivity index (χ3n) is 3.18. The minimum Gasteiger partial charge on any atom is -0.387 e. The summed E-state index contributed by atoms with van der Waals surface area (Å²) in [5.41, 5.74) is -0.0506. The van der Waals surface area contributed by atoms with Crippen molar-refractivity contribution in [2.45, 2.75) is 18.9 Å². The van der Waals surface area contributed by atoms with Gasteiger partial charge in [-0.25, -0.2) is 0 Å². The molecule has 17 heavy (non-hydrogen) atoms. The lowest BCUT2D eigenvalue weighted by Gasteiger charge is -2.35. The second-order valence-electron chi connectivity index (χ2n) is 4.38. The Kier molecular flexibility index (Phi) is 3.82. The fourth-order valence-electron chi connectivity index (χ4n) is 2.18. The van der Waals surface area contributed by atoms with Gasteiger partial charge in [0.1, 0.15) is 5.41 Å². The summed E-state index contributed by atoms with van der Waals surface area (Å²) in [6, 6.07) is 9.68. The van der Waals surface area contributed by atoms with Crippen molar-refractivity contribution in [2.24, 2.45) is 5.41 Å². The fraction of sp³-hybridized carbons (Fsp3) is 0.462. The van der Waals surface area contributed by atoms with E-state index in [2.05, 4.69) is 22.0 Å². The van der Waals surface area contributed by atoms with Crippen molar-refractivity contribution in [2.75, 3.05) is 13.2 Å². The number of nitriles is 1. The van der Waals surface area contributed by atoms with E-state index in [-0.39, 0.29) is 0 Å². The van der Waals surface area contributed by atoms with Crippen LogP contribution in [0.2, 0.25) is 0 Å². The van der Waals surface area contributed by atoms with Crippen LogP contribution in [0.15, 0.2) is 28.7 Å². The molecule has 0 aromatic heterocycles.